The standard InChI is InChI=1S/C8H10S.C3H8S.C2H6/c1-9-7-8-5-3-2-4-6-8;1-3-4-2;1-2/h2-6H,7H2,1H3;3H2,1-2H3;1-2H3. The first-order valence-corrected chi connectivity index (χ1v) is 8.15. The van der Waals surface area contributed by atoms with Crippen molar-refractivity contribution >= 4 is 23.5 Å². The van der Waals surface area contributed by atoms with Gasteiger partial charge in [0.1, 0.15) is 0 Å². The molecule has 0 aliphatic carbocycles. The molecule has 1 aromatic carbocycles. The predicted octanol–water partition coefficient (Wildman–Crippen LogP) is 4.95. The maximum absolute atomic E-state index is 2.15. The van der Waals surface area contributed by atoms with Crippen LogP contribution >= 0.6 is 23.5 Å². The number of benzene rings is 1. The molecule has 0 saturated carbocycles. The molecule has 0 aliphatic rings. The smallest absolute Gasteiger partial charge is 0.0181 e. The summed E-state index contributed by atoms with van der Waals surface area (Å²) in [6.45, 7) is 6.14. The van der Waals surface area contributed by atoms with E-state index in [4.69, 9.17) is 0 Å². The highest BCUT2D eigenvalue weighted by Gasteiger charge is 1.84. The SMILES string of the molecule is CC.CCSC.CSCc1ccccc1. The summed E-state index contributed by atoms with van der Waals surface area (Å²) >= 11 is 3.71. The number of hydrogen-bond donors (Lipinski definition) is 0. The fourth-order valence-corrected chi connectivity index (χ4v) is 1.27. The second kappa shape index (κ2) is 16.4. The Balaban J connectivity index is 0. The molecule has 0 amide bonds. The van der Waals surface area contributed by atoms with E-state index in [2.05, 4.69) is 43.7 Å². The molecule has 0 unspecified atom stereocenters. The normalized spacial score (nSPS) is 8.07. The molecule has 2 heteroatoms. The zero-order chi connectivity index (χ0) is 11.9. The highest BCUT2D eigenvalue weighted by atomic mass is 32.2. The minimum atomic E-state index is 1.13. The van der Waals surface area contributed by atoms with E-state index >= 15 is 0 Å². The van der Waals surface area contributed by atoms with E-state index in [9.17, 15) is 0 Å². The highest BCUT2D eigenvalue weighted by Crippen LogP contribution is 2.06. The molecular weight excluding hydrogens is 220 g/mol. The quantitative estimate of drug-likeness (QED) is 0.738. The lowest BCUT2D eigenvalue weighted by Crippen LogP contribution is -1.74. The van der Waals surface area contributed by atoms with Crippen LogP contribution in [0.1, 0.15) is 26.3 Å². The summed E-state index contributed by atoms with van der Waals surface area (Å²) < 4.78 is 0. The van der Waals surface area contributed by atoms with Gasteiger partial charge in [0.15, 0.2) is 0 Å². The molecule has 0 nitrogen and oxygen atoms in total. The molecule has 0 saturated heterocycles. The average Bonchev–Trinajstić information content (AvgIpc) is 2.34. The van der Waals surface area contributed by atoms with Crippen molar-refractivity contribution in [1.29, 1.82) is 0 Å². The summed E-state index contributed by atoms with van der Waals surface area (Å²) in [5.74, 6) is 2.36. The van der Waals surface area contributed by atoms with Crippen LogP contribution in [0.2, 0.25) is 0 Å². The van der Waals surface area contributed by atoms with Crippen molar-refractivity contribution in [3.63, 3.8) is 0 Å². The maximum atomic E-state index is 2.15. The van der Waals surface area contributed by atoms with Crippen LogP contribution in [0.25, 0.3) is 0 Å². The van der Waals surface area contributed by atoms with Crippen molar-refractivity contribution in [3.8, 4) is 0 Å². The highest BCUT2D eigenvalue weighted by molar-refractivity contribution is 7.98. The lowest BCUT2D eigenvalue weighted by Gasteiger charge is -1.93. The van der Waals surface area contributed by atoms with Crippen molar-refractivity contribution in [3.05, 3.63) is 35.9 Å². The molecular formula is C13H24S2. The van der Waals surface area contributed by atoms with Crippen LogP contribution in [0.5, 0.6) is 0 Å². The summed E-state index contributed by atoms with van der Waals surface area (Å²) in [5, 5.41) is 0. The Hall–Kier alpha value is -0.0800. The summed E-state index contributed by atoms with van der Waals surface area (Å²) in [4.78, 5) is 0. The molecule has 15 heavy (non-hydrogen) atoms. The molecule has 0 aromatic heterocycles. The Labute approximate surface area is 104 Å². The lowest BCUT2D eigenvalue weighted by atomic mass is 10.2. The van der Waals surface area contributed by atoms with Gasteiger partial charge in [0, 0.05) is 5.75 Å². The minimum Gasteiger partial charge on any atom is -0.166 e. The Morgan fingerprint density at radius 2 is 1.40 bits per heavy atom. The van der Waals surface area contributed by atoms with Gasteiger partial charge in [-0.25, -0.2) is 0 Å². The molecule has 0 N–H and O–H groups in total. The van der Waals surface area contributed by atoms with Crippen LogP contribution in [-0.2, 0) is 5.75 Å². The molecule has 1 rings (SSSR count). The van der Waals surface area contributed by atoms with Gasteiger partial charge in [0.2, 0.25) is 0 Å². The Kier molecular flexibility index (Phi) is 18.9. The van der Waals surface area contributed by atoms with Crippen LogP contribution < -0.4 is 0 Å². The van der Waals surface area contributed by atoms with Gasteiger partial charge >= 0.3 is 0 Å². The third-order valence-electron chi connectivity index (χ3n) is 1.44. The third kappa shape index (κ3) is 13.9. The Morgan fingerprint density at radius 1 is 0.933 bits per heavy atom. The lowest BCUT2D eigenvalue weighted by molar-refractivity contribution is 1.42. The second-order valence-corrected chi connectivity index (χ2v) is 4.52. The molecule has 1 aromatic rings. The van der Waals surface area contributed by atoms with Crippen molar-refractivity contribution < 1.29 is 0 Å². The number of rotatable bonds is 3. The fourth-order valence-electron chi connectivity index (χ4n) is 0.741. The van der Waals surface area contributed by atoms with Gasteiger partial charge in [0.05, 0.1) is 0 Å². The van der Waals surface area contributed by atoms with E-state index in [0.717, 1.165) is 5.75 Å². The maximum Gasteiger partial charge on any atom is 0.0181 e. The molecule has 0 radical (unpaired) electrons. The molecule has 0 aliphatic heterocycles. The van der Waals surface area contributed by atoms with E-state index in [0.29, 0.717) is 0 Å². The van der Waals surface area contributed by atoms with Gasteiger partial charge in [-0.3, -0.25) is 0 Å². The van der Waals surface area contributed by atoms with Gasteiger partial charge in [0.25, 0.3) is 0 Å². The zero-order valence-corrected chi connectivity index (χ0v) is 12.3. The summed E-state index contributed by atoms with van der Waals surface area (Å²) in [7, 11) is 0. The number of thioether (sulfide) groups is 2. The van der Waals surface area contributed by atoms with Crippen LogP contribution in [0, 0.1) is 0 Å². The van der Waals surface area contributed by atoms with E-state index < -0.39 is 0 Å². The zero-order valence-electron chi connectivity index (χ0n) is 10.6. The monoisotopic (exact) mass is 244 g/mol. The van der Waals surface area contributed by atoms with Crippen molar-refractivity contribution in [2.45, 2.75) is 26.5 Å². The van der Waals surface area contributed by atoms with Crippen molar-refractivity contribution in [2.75, 3.05) is 18.3 Å². The second-order valence-electron chi connectivity index (χ2n) is 2.50. The van der Waals surface area contributed by atoms with Gasteiger partial charge < -0.3 is 0 Å². The van der Waals surface area contributed by atoms with E-state index in [1.54, 1.807) is 0 Å². The molecule has 0 atom stereocenters. The molecule has 0 bridgehead atoms. The van der Waals surface area contributed by atoms with Gasteiger partial charge in [-0.05, 0) is 23.8 Å². The Morgan fingerprint density at radius 3 is 1.73 bits per heavy atom. The molecule has 0 fully saturated rings. The van der Waals surface area contributed by atoms with Crippen LogP contribution in [0.3, 0.4) is 0 Å². The van der Waals surface area contributed by atoms with Gasteiger partial charge in [-0.1, -0.05) is 51.1 Å². The van der Waals surface area contributed by atoms with Crippen LogP contribution in [0.4, 0.5) is 0 Å². The van der Waals surface area contributed by atoms with Gasteiger partial charge in [-0.15, -0.1) is 0 Å². The summed E-state index contributed by atoms with van der Waals surface area (Å²) in [5.41, 5.74) is 1.41. The average molecular weight is 244 g/mol. The molecule has 0 heterocycles. The third-order valence-corrected chi connectivity index (χ3v) is 2.64. The first-order valence-electron chi connectivity index (χ1n) is 5.37. The van der Waals surface area contributed by atoms with Crippen LogP contribution in [0.15, 0.2) is 30.3 Å². The molecule has 0 spiro atoms. The van der Waals surface area contributed by atoms with Crippen molar-refractivity contribution in [2.24, 2.45) is 0 Å². The summed E-state index contributed by atoms with van der Waals surface area (Å²) in [6, 6.07) is 10.5. The van der Waals surface area contributed by atoms with E-state index in [-0.39, 0.29) is 0 Å². The fraction of sp³-hybridized carbons (Fsp3) is 0.538. The minimum absolute atomic E-state index is 1.13. The van der Waals surface area contributed by atoms with E-state index in [1.165, 1.54) is 11.3 Å². The first kappa shape index (κ1) is 17.3. The first-order chi connectivity index (χ1) is 7.35. The number of hydrogen-bond acceptors (Lipinski definition) is 2. The predicted molar refractivity (Wildman–Crippen MR) is 79.1 cm³/mol. The van der Waals surface area contributed by atoms with Gasteiger partial charge in [-0.2, -0.15) is 23.5 Å². The van der Waals surface area contributed by atoms with Crippen molar-refractivity contribution in [1.82, 2.24) is 0 Å². The van der Waals surface area contributed by atoms with E-state index in [1.807, 2.05) is 43.4 Å². The molecule has 88 valence electrons. The Bertz CT molecular complexity index is 183. The largest absolute Gasteiger partial charge is 0.166 e. The van der Waals surface area contributed by atoms with Crippen LogP contribution in [-0.4, -0.2) is 18.3 Å². The topological polar surface area (TPSA) is 0 Å². The summed E-state index contributed by atoms with van der Waals surface area (Å²) in [6.07, 6.45) is 4.22.